The van der Waals surface area contributed by atoms with Gasteiger partial charge in [-0.1, -0.05) is 57.7 Å². The highest BCUT2D eigenvalue weighted by Gasteiger charge is 2.32. The summed E-state index contributed by atoms with van der Waals surface area (Å²) < 4.78 is 1.99. The Hall–Kier alpha value is -3.18. The summed E-state index contributed by atoms with van der Waals surface area (Å²) in [5, 5.41) is 21.5. The van der Waals surface area contributed by atoms with Crippen molar-refractivity contribution in [1.29, 1.82) is 5.26 Å². The minimum absolute atomic E-state index is 0.0256. The van der Waals surface area contributed by atoms with Crippen molar-refractivity contribution in [1.82, 2.24) is 25.1 Å². The third kappa shape index (κ3) is 5.25. The summed E-state index contributed by atoms with van der Waals surface area (Å²) >= 11 is 1.32. The van der Waals surface area contributed by atoms with Crippen molar-refractivity contribution < 1.29 is 4.79 Å². The number of nitrogens with zero attached hydrogens (tertiary/aromatic N) is 5. The normalized spacial score (nSPS) is 14.0. The van der Waals surface area contributed by atoms with Gasteiger partial charge in [-0.05, 0) is 49.4 Å². The molecule has 1 amide bonds. The number of nitrogens with one attached hydrogen (secondary N) is 1. The lowest BCUT2D eigenvalue weighted by atomic mass is 9.90. The largest absolute Gasteiger partial charge is 0.337 e. The van der Waals surface area contributed by atoms with E-state index < -0.39 is 10.8 Å². The Morgan fingerprint density at radius 2 is 1.85 bits per heavy atom. The van der Waals surface area contributed by atoms with Crippen LogP contribution in [0.1, 0.15) is 53.0 Å². The van der Waals surface area contributed by atoms with Crippen molar-refractivity contribution in [2.24, 2.45) is 5.92 Å². The zero-order valence-electron chi connectivity index (χ0n) is 19.9. The van der Waals surface area contributed by atoms with Gasteiger partial charge >= 0.3 is 0 Å². The molecule has 0 aliphatic rings. The van der Waals surface area contributed by atoms with Crippen LogP contribution in [0.2, 0.25) is 0 Å². The van der Waals surface area contributed by atoms with Crippen molar-refractivity contribution in [3.8, 4) is 23.1 Å². The molecule has 1 aromatic carbocycles. The molecule has 0 spiro atoms. The van der Waals surface area contributed by atoms with Crippen molar-refractivity contribution in [2.75, 3.05) is 0 Å². The van der Waals surface area contributed by atoms with E-state index in [9.17, 15) is 10.1 Å². The Bertz CT molecular complexity index is 1150. The molecule has 2 unspecified atom stereocenters. The maximum atomic E-state index is 13.0. The summed E-state index contributed by atoms with van der Waals surface area (Å²) in [6, 6.07) is 14.2. The average molecular weight is 463 g/mol. The number of amides is 1. The Morgan fingerprint density at radius 1 is 1.12 bits per heavy atom. The quantitative estimate of drug-likeness (QED) is 0.474. The molecule has 2 heterocycles. The molecule has 33 heavy (non-hydrogen) atoms. The number of rotatable bonds is 8. The Balaban J connectivity index is 2.03. The van der Waals surface area contributed by atoms with Gasteiger partial charge in [0.25, 0.3) is 0 Å². The van der Waals surface area contributed by atoms with Crippen molar-refractivity contribution in [3.63, 3.8) is 0 Å². The van der Waals surface area contributed by atoms with Gasteiger partial charge in [0.1, 0.15) is 5.54 Å². The predicted octanol–water partition coefficient (Wildman–Crippen LogP) is 4.99. The summed E-state index contributed by atoms with van der Waals surface area (Å²) in [6.07, 6.45) is 3.47. The molecule has 8 heteroatoms. The first-order valence-corrected chi connectivity index (χ1v) is 11.9. The fraction of sp³-hybridized carbons (Fsp3) is 0.400. The molecule has 0 aliphatic carbocycles. The van der Waals surface area contributed by atoms with Crippen LogP contribution < -0.4 is 5.32 Å². The van der Waals surface area contributed by atoms with E-state index in [2.05, 4.69) is 46.5 Å². The molecular formula is C25H30N6OS. The summed E-state index contributed by atoms with van der Waals surface area (Å²) in [4.78, 5) is 17.2. The number of pyridine rings is 1. The minimum atomic E-state index is -0.940. The molecule has 2 aromatic heterocycles. The standard InChI is InChI=1S/C25H30N6OS/c1-16(2)20-11-7-8-12-21(20)31-22(19-10-9-13-27-14-19)29-30-24(31)33-18(5)23(32)28-25(6,15-26)17(3)4/h7-14,16-18H,1-6H3,(H,28,32). The van der Waals surface area contributed by atoms with Crippen LogP contribution in [-0.4, -0.2) is 36.4 Å². The van der Waals surface area contributed by atoms with Crippen molar-refractivity contribution in [2.45, 2.75) is 63.4 Å². The molecule has 0 saturated heterocycles. The predicted molar refractivity (Wildman–Crippen MR) is 131 cm³/mol. The van der Waals surface area contributed by atoms with Crippen LogP contribution in [0.25, 0.3) is 17.1 Å². The summed E-state index contributed by atoms with van der Waals surface area (Å²) in [5.41, 5.74) is 2.02. The molecule has 2 atom stereocenters. The number of benzene rings is 1. The highest BCUT2D eigenvalue weighted by Crippen LogP contribution is 2.33. The van der Waals surface area contributed by atoms with E-state index in [1.807, 2.05) is 55.7 Å². The Kier molecular flexibility index (Phi) is 7.54. The number of hydrogen-bond donors (Lipinski definition) is 1. The number of para-hydroxylation sites is 1. The SMILES string of the molecule is CC(Sc1nnc(-c2cccnc2)n1-c1ccccc1C(C)C)C(=O)NC(C)(C#N)C(C)C. The molecule has 0 fully saturated rings. The van der Waals surface area contributed by atoms with Crippen molar-refractivity contribution in [3.05, 3.63) is 54.4 Å². The number of carbonyl (C=O) groups excluding carboxylic acids is 1. The number of carbonyl (C=O) groups is 1. The van der Waals surface area contributed by atoms with Gasteiger partial charge < -0.3 is 5.32 Å². The third-order valence-corrected chi connectivity index (χ3v) is 6.82. The van der Waals surface area contributed by atoms with Crippen LogP contribution in [-0.2, 0) is 4.79 Å². The van der Waals surface area contributed by atoms with Gasteiger partial charge in [-0.15, -0.1) is 10.2 Å². The van der Waals surface area contributed by atoms with Crippen LogP contribution in [0.15, 0.2) is 53.9 Å². The maximum Gasteiger partial charge on any atom is 0.234 e. The molecule has 3 aromatic rings. The lowest BCUT2D eigenvalue weighted by Crippen LogP contribution is -2.51. The first kappa shape index (κ1) is 24.5. The topological polar surface area (TPSA) is 96.5 Å². The van der Waals surface area contributed by atoms with E-state index in [0.29, 0.717) is 11.0 Å². The van der Waals surface area contributed by atoms with Crippen LogP contribution in [0.5, 0.6) is 0 Å². The fourth-order valence-electron chi connectivity index (χ4n) is 3.30. The molecule has 172 valence electrons. The minimum Gasteiger partial charge on any atom is -0.337 e. The highest BCUT2D eigenvalue weighted by molar-refractivity contribution is 8.00. The second-order valence-corrected chi connectivity index (χ2v) is 10.1. The molecule has 3 rings (SSSR count). The molecular weight excluding hydrogens is 432 g/mol. The molecule has 1 N–H and O–H groups in total. The highest BCUT2D eigenvalue weighted by atomic mass is 32.2. The first-order chi connectivity index (χ1) is 15.7. The van der Waals surface area contributed by atoms with Crippen LogP contribution in [0.3, 0.4) is 0 Å². The van der Waals surface area contributed by atoms with E-state index in [0.717, 1.165) is 16.8 Å². The van der Waals surface area contributed by atoms with E-state index in [1.165, 1.54) is 11.8 Å². The molecule has 0 bridgehead atoms. The summed E-state index contributed by atoms with van der Waals surface area (Å²) in [6.45, 7) is 11.7. The van der Waals surface area contributed by atoms with E-state index in [4.69, 9.17) is 0 Å². The van der Waals surface area contributed by atoms with Gasteiger partial charge in [0.15, 0.2) is 11.0 Å². The summed E-state index contributed by atoms with van der Waals surface area (Å²) in [5.74, 6) is 0.705. The molecule has 0 aliphatic heterocycles. The van der Waals surface area contributed by atoms with Crippen LogP contribution >= 0.6 is 11.8 Å². The van der Waals surface area contributed by atoms with Crippen molar-refractivity contribution >= 4 is 17.7 Å². The maximum absolute atomic E-state index is 13.0. The smallest absolute Gasteiger partial charge is 0.234 e. The number of thioether (sulfide) groups is 1. The molecule has 0 radical (unpaired) electrons. The van der Waals surface area contributed by atoms with Crippen LogP contribution in [0, 0.1) is 17.2 Å². The zero-order valence-corrected chi connectivity index (χ0v) is 20.7. The van der Waals surface area contributed by atoms with Gasteiger partial charge in [0, 0.05) is 18.0 Å². The third-order valence-electron chi connectivity index (χ3n) is 5.77. The number of nitriles is 1. The Labute approximate surface area is 199 Å². The van der Waals surface area contributed by atoms with Gasteiger partial charge in [0.05, 0.1) is 17.0 Å². The van der Waals surface area contributed by atoms with E-state index in [-0.39, 0.29) is 17.7 Å². The Morgan fingerprint density at radius 3 is 2.45 bits per heavy atom. The lowest BCUT2D eigenvalue weighted by molar-refractivity contribution is -0.121. The van der Waals surface area contributed by atoms with E-state index in [1.54, 1.807) is 19.3 Å². The van der Waals surface area contributed by atoms with Gasteiger partial charge in [0.2, 0.25) is 5.91 Å². The summed E-state index contributed by atoms with van der Waals surface area (Å²) in [7, 11) is 0. The van der Waals surface area contributed by atoms with Gasteiger partial charge in [-0.25, -0.2) is 0 Å². The second-order valence-electron chi connectivity index (χ2n) is 8.81. The fourth-order valence-corrected chi connectivity index (χ4v) is 4.16. The second kappa shape index (κ2) is 10.2. The average Bonchev–Trinajstić information content (AvgIpc) is 3.22. The lowest BCUT2D eigenvalue weighted by Gasteiger charge is -2.28. The molecule has 0 saturated carbocycles. The monoisotopic (exact) mass is 462 g/mol. The number of hydrogen-bond acceptors (Lipinski definition) is 6. The van der Waals surface area contributed by atoms with E-state index >= 15 is 0 Å². The first-order valence-electron chi connectivity index (χ1n) is 11.0. The zero-order chi connectivity index (χ0) is 24.2. The number of aromatic nitrogens is 4. The van der Waals surface area contributed by atoms with Gasteiger partial charge in [-0.2, -0.15) is 5.26 Å². The van der Waals surface area contributed by atoms with Gasteiger partial charge in [-0.3, -0.25) is 14.3 Å². The van der Waals surface area contributed by atoms with Crippen LogP contribution in [0.4, 0.5) is 0 Å². The molecule has 7 nitrogen and oxygen atoms in total.